The minimum absolute atomic E-state index is 0.100. The van der Waals surface area contributed by atoms with Crippen molar-refractivity contribution in [3.05, 3.63) is 76.3 Å². The molecule has 2 atom stereocenters. The van der Waals surface area contributed by atoms with Gasteiger partial charge in [-0.2, -0.15) is 0 Å². The first-order valence-electron chi connectivity index (χ1n) is 12.0. The zero-order valence-corrected chi connectivity index (χ0v) is 21.5. The lowest BCUT2D eigenvalue weighted by atomic mass is 10.0. The van der Waals surface area contributed by atoms with E-state index in [1.54, 1.807) is 30.3 Å². The number of carboxylic acid groups (broad SMARTS) is 1. The fraction of sp³-hybridized carbons (Fsp3) is 0.370. The molecule has 0 spiro atoms. The molecule has 198 valence electrons. The third-order valence-corrected chi connectivity index (χ3v) is 6.09. The quantitative estimate of drug-likeness (QED) is 0.275. The van der Waals surface area contributed by atoms with Gasteiger partial charge in [-0.05, 0) is 60.7 Å². The maximum atomic E-state index is 13.6. The van der Waals surface area contributed by atoms with Crippen LogP contribution in [-0.4, -0.2) is 49.0 Å². The molecule has 0 aliphatic rings. The van der Waals surface area contributed by atoms with Crippen LogP contribution < -0.4 is 5.32 Å². The predicted molar refractivity (Wildman–Crippen MR) is 138 cm³/mol. The molecule has 8 nitrogen and oxygen atoms in total. The number of imidazole rings is 1. The summed E-state index contributed by atoms with van der Waals surface area (Å²) in [5, 5.41) is 32.6. The number of amides is 1. The number of carboxylic acids is 1. The highest BCUT2D eigenvalue weighted by Gasteiger charge is 2.26. The maximum absolute atomic E-state index is 13.6. The summed E-state index contributed by atoms with van der Waals surface area (Å²) in [6, 6.07) is 12.9. The van der Waals surface area contributed by atoms with Crippen LogP contribution in [0.15, 0.2) is 48.5 Å². The minimum atomic E-state index is -1.18. The van der Waals surface area contributed by atoms with Crippen LogP contribution in [0.4, 0.5) is 4.39 Å². The number of nitrogens with one attached hydrogen (secondary N) is 1. The van der Waals surface area contributed by atoms with Gasteiger partial charge in [0.15, 0.2) is 0 Å². The van der Waals surface area contributed by atoms with Gasteiger partial charge in [0.2, 0.25) is 0 Å². The van der Waals surface area contributed by atoms with Gasteiger partial charge in [0.25, 0.3) is 5.91 Å². The van der Waals surface area contributed by atoms with Crippen molar-refractivity contribution in [3.63, 3.8) is 0 Å². The molecule has 1 amide bonds. The third-order valence-electron chi connectivity index (χ3n) is 5.85. The van der Waals surface area contributed by atoms with Crippen molar-refractivity contribution in [2.24, 2.45) is 0 Å². The Bertz CT molecular complexity index is 1230. The monoisotopic (exact) mass is 531 g/mol. The molecule has 0 saturated heterocycles. The van der Waals surface area contributed by atoms with Gasteiger partial charge in [-0.15, -0.1) is 0 Å². The summed E-state index contributed by atoms with van der Waals surface area (Å²) in [4.78, 5) is 28.7. The third kappa shape index (κ3) is 7.85. The van der Waals surface area contributed by atoms with Gasteiger partial charge in [0, 0.05) is 23.7 Å². The molecular formula is C27H31ClFN3O5. The van der Waals surface area contributed by atoms with Crippen molar-refractivity contribution in [2.45, 2.75) is 64.3 Å². The number of aromatic nitrogens is 2. The van der Waals surface area contributed by atoms with Gasteiger partial charge in [-0.25, -0.2) is 9.37 Å². The van der Waals surface area contributed by atoms with E-state index in [2.05, 4.69) is 10.3 Å². The number of nitrogens with zero attached hydrogens (tertiary/aromatic N) is 2. The van der Waals surface area contributed by atoms with E-state index < -0.39 is 30.4 Å². The van der Waals surface area contributed by atoms with Crippen molar-refractivity contribution in [1.82, 2.24) is 14.9 Å². The van der Waals surface area contributed by atoms with Crippen LogP contribution >= 0.6 is 11.6 Å². The highest BCUT2D eigenvalue weighted by molar-refractivity contribution is 6.30. The van der Waals surface area contributed by atoms with Gasteiger partial charge in [-0.1, -0.05) is 37.6 Å². The number of rotatable bonds is 12. The molecule has 0 aliphatic carbocycles. The first-order valence-corrected chi connectivity index (χ1v) is 12.4. The molecule has 0 fully saturated rings. The molecule has 0 saturated carbocycles. The minimum Gasteiger partial charge on any atom is -0.481 e. The Hall–Kier alpha value is -3.27. The van der Waals surface area contributed by atoms with Crippen LogP contribution in [0.1, 0.15) is 60.8 Å². The van der Waals surface area contributed by atoms with Crippen LogP contribution in [0, 0.1) is 5.82 Å². The number of benzene rings is 2. The lowest BCUT2D eigenvalue weighted by Crippen LogP contribution is -2.25. The zero-order valence-electron chi connectivity index (χ0n) is 20.7. The number of hydrogen-bond acceptors (Lipinski definition) is 5. The van der Waals surface area contributed by atoms with Crippen molar-refractivity contribution in [1.29, 1.82) is 0 Å². The summed E-state index contributed by atoms with van der Waals surface area (Å²) in [5.41, 5.74) is 2.28. The molecule has 10 heteroatoms. The zero-order chi connectivity index (χ0) is 27.1. The van der Waals surface area contributed by atoms with Crippen molar-refractivity contribution in [3.8, 4) is 11.4 Å². The summed E-state index contributed by atoms with van der Waals surface area (Å²) >= 11 is 6.04. The molecule has 0 aliphatic heterocycles. The smallest absolute Gasteiger partial charge is 0.305 e. The summed E-state index contributed by atoms with van der Waals surface area (Å²) in [6.45, 7) is 4.33. The topological polar surface area (TPSA) is 125 Å². The number of aliphatic carboxylic acids is 1. The second kappa shape index (κ2) is 12.8. The lowest BCUT2D eigenvalue weighted by Gasteiger charge is -2.19. The number of carbonyl (C=O) groups excluding carboxylic acids is 1. The Balaban J connectivity index is 1.90. The highest BCUT2D eigenvalue weighted by atomic mass is 35.5. The number of aliphatic hydroxyl groups is 2. The number of aliphatic hydroxyl groups excluding tert-OH is 2. The van der Waals surface area contributed by atoms with Crippen molar-refractivity contribution < 1.29 is 29.3 Å². The fourth-order valence-corrected chi connectivity index (χ4v) is 4.38. The molecule has 2 aromatic carbocycles. The summed E-state index contributed by atoms with van der Waals surface area (Å²) in [7, 11) is 0. The fourth-order valence-electron chi connectivity index (χ4n) is 4.17. The largest absolute Gasteiger partial charge is 0.481 e. The molecule has 0 bridgehead atoms. The van der Waals surface area contributed by atoms with E-state index in [0.717, 1.165) is 5.56 Å². The second-order valence-corrected chi connectivity index (χ2v) is 9.66. The SMILES string of the molecule is CC(C)c1c(C(=O)NCc2cccc(Cl)c2)nc(-c2ccc(F)cc2)n1CC[C@@H](O)C[C@@H](O)CC(=O)O. The highest BCUT2D eigenvalue weighted by Crippen LogP contribution is 2.29. The van der Waals surface area contributed by atoms with E-state index in [1.165, 1.54) is 12.1 Å². The Morgan fingerprint density at radius 2 is 1.81 bits per heavy atom. The molecule has 3 aromatic rings. The first-order chi connectivity index (χ1) is 17.5. The molecule has 4 N–H and O–H groups in total. The average molecular weight is 532 g/mol. The van der Waals surface area contributed by atoms with Crippen LogP contribution in [0.25, 0.3) is 11.4 Å². The summed E-state index contributed by atoms with van der Waals surface area (Å²) < 4.78 is 15.4. The Kier molecular flexibility index (Phi) is 9.79. The molecule has 1 heterocycles. The van der Waals surface area contributed by atoms with Gasteiger partial charge >= 0.3 is 5.97 Å². The Morgan fingerprint density at radius 3 is 2.43 bits per heavy atom. The normalized spacial score (nSPS) is 12.9. The summed E-state index contributed by atoms with van der Waals surface area (Å²) in [5.74, 6) is -1.63. The predicted octanol–water partition coefficient (Wildman–Crippen LogP) is 4.37. The van der Waals surface area contributed by atoms with Crippen molar-refractivity contribution >= 4 is 23.5 Å². The van der Waals surface area contributed by atoms with Gasteiger partial charge in [0.1, 0.15) is 17.3 Å². The first kappa shape index (κ1) is 28.3. The number of carbonyl (C=O) groups is 2. The number of halogens is 2. The molecule has 1 aromatic heterocycles. The average Bonchev–Trinajstić information content (AvgIpc) is 3.21. The lowest BCUT2D eigenvalue weighted by molar-refractivity contribution is -0.139. The van der Waals surface area contributed by atoms with E-state index >= 15 is 0 Å². The summed E-state index contributed by atoms with van der Waals surface area (Å²) in [6.07, 6.45) is -2.53. The van der Waals surface area contributed by atoms with Crippen LogP contribution in [0.3, 0.4) is 0 Å². The van der Waals surface area contributed by atoms with Gasteiger partial charge < -0.3 is 25.2 Å². The van der Waals surface area contributed by atoms with E-state index in [0.29, 0.717) is 22.1 Å². The maximum Gasteiger partial charge on any atom is 0.305 e. The van der Waals surface area contributed by atoms with Crippen LogP contribution in [0.2, 0.25) is 5.02 Å². The van der Waals surface area contributed by atoms with Gasteiger partial charge in [0.05, 0.1) is 24.3 Å². The van der Waals surface area contributed by atoms with Gasteiger partial charge in [-0.3, -0.25) is 9.59 Å². The Morgan fingerprint density at radius 1 is 1.11 bits per heavy atom. The van der Waals surface area contributed by atoms with E-state index in [-0.39, 0.29) is 43.5 Å². The van der Waals surface area contributed by atoms with Crippen molar-refractivity contribution in [2.75, 3.05) is 0 Å². The van der Waals surface area contributed by atoms with E-state index in [1.807, 2.05) is 24.5 Å². The molecule has 0 radical (unpaired) electrons. The molecular weight excluding hydrogens is 501 g/mol. The number of hydrogen-bond donors (Lipinski definition) is 4. The standard InChI is InChI=1S/C27H31ClFN3O5/c1-16(2)25-24(27(37)30-15-17-4-3-5-19(28)12-17)31-26(18-6-8-20(29)9-7-18)32(25)11-10-21(33)13-22(34)14-23(35)36/h3-9,12,16,21-22,33-34H,10-11,13-15H2,1-2H3,(H,30,37)(H,35,36)/t21-,22-/m1/s1. The molecule has 3 rings (SSSR count). The van der Waals surface area contributed by atoms with E-state index in [4.69, 9.17) is 16.7 Å². The molecule has 0 unspecified atom stereocenters. The second-order valence-electron chi connectivity index (χ2n) is 9.22. The molecule has 37 heavy (non-hydrogen) atoms. The van der Waals surface area contributed by atoms with E-state index in [9.17, 15) is 24.2 Å². The van der Waals surface area contributed by atoms with Crippen LogP contribution in [0.5, 0.6) is 0 Å². The van der Waals surface area contributed by atoms with Crippen LogP contribution in [-0.2, 0) is 17.9 Å². The Labute approximate surface area is 219 Å².